The van der Waals surface area contributed by atoms with Crippen LogP contribution < -0.4 is 15.4 Å². The summed E-state index contributed by atoms with van der Waals surface area (Å²) in [7, 11) is 1.61. The zero-order valence-corrected chi connectivity index (χ0v) is 9.23. The summed E-state index contributed by atoms with van der Waals surface area (Å²) in [5.74, 6) is 0.737. The number of likely N-dealkylation sites (N-methyl/N-ethyl adjacent to an activating group) is 1. The Kier molecular flexibility index (Phi) is 4.24. The fourth-order valence-electron chi connectivity index (χ4n) is 1.50. The van der Waals surface area contributed by atoms with Crippen molar-refractivity contribution in [1.82, 2.24) is 0 Å². The van der Waals surface area contributed by atoms with Crippen molar-refractivity contribution in [2.75, 3.05) is 37.4 Å². The number of hydrogen-bond donors (Lipinski definition) is 2. The highest BCUT2D eigenvalue weighted by Gasteiger charge is 2.06. The van der Waals surface area contributed by atoms with Gasteiger partial charge < -0.3 is 20.5 Å². The molecule has 0 bridgehead atoms. The first-order chi connectivity index (χ1) is 7.21. The molecule has 0 amide bonds. The average Bonchev–Trinajstić information content (AvgIpc) is 2.24. The SMILES string of the molecule is CCN(CCO)c1cc(N)cc(OC)c1. The number of ether oxygens (including phenoxy) is 1. The molecule has 0 aliphatic heterocycles. The molecular weight excluding hydrogens is 192 g/mol. The topological polar surface area (TPSA) is 58.7 Å². The van der Waals surface area contributed by atoms with Crippen molar-refractivity contribution in [3.63, 3.8) is 0 Å². The lowest BCUT2D eigenvalue weighted by atomic mass is 10.2. The third-order valence-corrected chi connectivity index (χ3v) is 2.27. The van der Waals surface area contributed by atoms with E-state index in [9.17, 15) is 0 Å². The van der Waals surface area contributed by atoms with Crippen molar-refractivity contribution < 1.29 is 9.84 Å². The van der Waals surface area contributed by atoms with Crippen molar-refractivity contribution in [3.8, 4) is 5.75 Å². The van der Waals surface area contributed by atoms with Gasteiger partial charge in [-0.2, -0.15) is 0 Å². The number of rotatable bonds is 5. The molecule has 0 saturated heterocycles. The monoisotopic (exact) mass is 210 g/mol. The number of anilines is 2. The van der Waals surface area contributed by atoms with Gasteiger partial charge in [0.05, 0.1) is 13.7 Å². The van der Waals surface area contributed by atoms with E-state index in [0.29, 0.717) is 12.2 Å². The van der Waals surface area contributed by atoms with Crippen LogP contribution in [0.25, 0.3) is 0 Å². The standard InChI is InChI=1S/C11H18N2O2/c1-3-13(4-5-14)10-6-9(12)7-11(8-10)15-2/h6-8,14H,3-5,12H2,1-2H3. The Bertz CT molecular complexity index is 315. The van der Waals surface area contributed by atoms with Gasteiger partial charge >= 0.3 is 0 Å². The minimum absolute atomic E-state index is 0.130. The molecule has 84 valence electrons. The number of benzene rings is 1. The maximum atomic E-state index is 8.92. The molecule has 1 aromatic rings. The summed E-state index contributed by atoms with van der Waals surface area (Å²) < 4.78 is 5.14. The van der Waals surface area contributed by atoms with Gasteiger partial charge in [0.25, 0.3) is 0 Å². The first-order valence-electron chi connectivity index (χ1n) is 5.01. The van der Waals surface area contributed by atoms with E-state index < -0.39 is 0 Å². The number of nitrogens with two attached hydrogens (primary N) is 1. The zero-order chi connectivity index (χ0) is 11.3. The maximum Gasteiger partial charge on any atom is 0.122 e. The Hall–Kier alpha value is -1.42. The molecule has 0 heterocycles. The molecule has 1 aromatic carbocycles. The molecule has 0 aliphatic carbocycles. The van der Waals surface area contributed by atoms with E-state index in [1.54, 1.807) is 13.2 Å². The second kappa shape index (κ2) is 5.46. The van der Waals surface area contributed by atoms with Gasteiger partial charge in [-0.15, -0.1) is 0 Å². The number of aliphatic hydroxyl groups excluding tert-OH is 1. The highest BCUT2D eigenvalue weighted by Crippen LogP contribution is 2.25. The molecule has 1 rings (SSSR count). The predicted octanol–water partition coefficient (Wildman–Crippen LogP) is 1.10. The van der Waals surface area contributed by atoms with Crippen LogP contribution in [0.4, 0.5) is 11.4 Å². The van der Waals surface area contributed by atoms with Gasteiger partial charge in [-0.25, -0.2) is 0 Å². The maximum absolute atomic E-state index is 8.92. The van der Waals surface area contributed by atoms with Crippen molar-refractivity contribution >= 4 is 11.4 Å². The quantitative estimate of drug-likeness (QED) is 0.714. The fraction of sp³-hybridized carbons (Fsp3) is 0.455. The van der Waals surface area contributed by atoms with Gasteiger partial charge in [0.1, 0.15) is 5.75 Å². The first-order valence-corrected chi connectivity index (χ1v) is 5.01. The molecule has 3 N–H and O–H groups in total. The third-order valence-electron chi connectivity index (χ3n) is 2.27. The molecule has 0 aromatic heterocycles. The van der Waals surface area contributed by atoms with E-state index >= 15 is 0 Å². The van der Waals surface area contributed by atoms with E-state index in [1.165, 1.54) is 0 Å². The fourth-order valence-corrected chi connectivity index (χ4v) is 1.50. The highest BCUT2D eigenvalue weighted by molar-refractivity contribution is 5.60. The van der Waals surface area contributed by atoms with E-state index in [2.05, 4.69) is 0 Å². The average molecular weight is 210 g/mol. The van der Waals surface area contributed by atoms with Crippen molar-refractivity contribution in [3.05, 3.63) is 18.2 Å². The summed E-state index contributed by atoms with van der Waals surface area (Å²) in [5, 5.41) is 8.92. The molecule has 4 heteroatoms. The summed E-state index contributed by atoms with van der Waals surface area (Å²) in [5.41, 5.74) is 7.40. The van der Waals surface area contributed by atoms with Crippen LogP contribution in [0.2, 0.25) is 0 Å². The minimum atomic E-state index is 0.130. The number of methoxy groups -OCH3 is 1. The Morgan fingerprint density at radius 2 is 2.13 bits per heavy atom. The number of aliphatic hydroxyl groups is 1. The van der Waals surface area contributed by atoms with Crippen molar-refractivity contribution in [2.24, 2.45) is 0 Å². The van der Waals surface area contributed by atoms with Gasteiger partial charge in [0, 0.05) is 36.6 Å². The van der Waals surface area contributed by atoms with Gasteiger partial charge in [0.2, 0.25) is 0 Å². The Labute approximate surface area is 90.3 Å². The number of nitrogens with zero attached hydrogens (tertiary/aromatic N) is 1. The van der Waals surface area contributed by atoms with Crippen LogP contribution in [0.1, 0.15) is 6.92 Å². The van der Waals surface area contributed by atoms with Crippen molar-refractivity contribution in [1.29, 1.82) is 0 Å². The molecule has 0 aliphatic rings. The van der Waals surface area contributed by atoms with Crippen LogP contribution in [-0.2, 0) is 0 Å². The van der Waals surface area contributed by atoms with Crippen LogP contribution >= 0.6 is 0 Å². The predicted molar refractivity (Wildman–Crippen MR) is 62.4 cm³/mol. The van der Waals surface area contributed by atoms with Gasteiger partial charge in [0.15, 0.2) is 0 Å². The normalized spacial score (nSPS) is 10.1. The van der Waals surface area contributed by atoms with Crippen LogP contribution in [0, 0.1) is 0 Å². The van der Waals surface area contributed by atoms with E-state index in [4.69, 9.17) is 15.6 Å². The lowest BCUT2D eigenvalue weighted by Gasteiger charge is -2.22. The molecule has 0 saturated carbocycles. The Morgan fingerprint density at radius 3 is 2.67 bits per heavy atom. The molecule has 0 spiro atoms. The molecule has 15 heavy (non-hydrogen) atoms. The summed E-state index contributed by atoms with van der Waals surface area (Å²) >= 11 is 0. The lowest BCUT2D eigenvalue weighted by molar-refractivity contribution is 0.302. The number of nitrogen functional groups attached to an aromatic ring is 1. The van der Waals surface area contributed by atoms with Gasteiger partial charge in [-0.05, 0) is 13.0 Å². The minimum Gasteiger partial charge on any atom is -0.497 e. The van der Waals surface area contributed by atoms with Crippen LogP contribution in [0.3, 0.4) is 0 Å². The summed E-state index contributed by atoms with van der Waals surface area (Å²) in [4.78, 5) is 2.04. The van der Waals surface area contributed by atoms with Crippen LogP contribution in [0.15, 0.2) is 18.2 Å². The van der Waals surface area contributed by atoms with E-state index in [-0.39, 0.29) is 6.61 Å². The summed E-state index contributed by atoms with van der Waals surface area (Å²) in [6, 6.07) is 5.56. The Balaban J connectivity index is 2.95. The molecular formula is C11H18N2O2. The van der Waals surface area contributed by atoms with Crippen molar-refractivity contribution in [2.45, 2.75) is 6.92 Å². The zero-order valence-electron chi connectivity index (χ0n) is 9.23. The molecule has 4 nitrogen and oxygen atoms in total. The lowest BCUT2D eigenvalue weighted by Crippen LogP contribution is -2.26. The first kappa shape index (κ1) is 11.7. The second-order valence-electron chi connectivity index (χ2n) is 3.27. The Morgan fingerprint density at radius 1 is 1.40 bits per heavy atom. The molecule has 0 radical (unpaired) electrons. The van der Waals surface area contributed by atoms with Crippen LogP contribution in [0.5, 0.6) is 5.75 Å². The van der Waals surface area contributed by atoms with E-state index in [0.717, 1.165) is 18.0 Å². The largest absolute Gasteiger partial charge is 0.497 e. The van der Waals surface area contributed by atoms with Gasteiger partial charge in [-0.1, -0.05) is 0 Å². The second-order valence-corrected chi connectivity index (χ2v) is 3.27. The number of hydrogen-bond acceptors (Lipinski definition) is 4. The van der Waals surface area contributed by atoms with Gasteiger partial charge in [-0.3, -0.25) is 0 Å². The molecule has 0 fully saturated rings. The van der Waals surface area contributed by atoms with Crippen LogP contribution in [-0.4, -0.2) is 31.9 Å². The third kappa shape index (κ3) is 3.02. The summed E-state index contributed by atoms with van der Waals surface area (Å²) in [6.07, 6.45) is 0. The smallest absolute Gasteiger partial charge is 0.122 e. The summed E-state index contributed by atoms with van der Waals surface area (Å²) in [6.45, 7) is 3.59. The molecule has 0 unspecified atom stereocenters. The highest BCUT2D eigenvalue weighted by atomic mass is 16.5. The molecule has 0 atom stereocenters. The van der Waals surface area contributed by atoms with E-state index in [1.807, 2.05) is 24.0 Å².